The maximum atomic E-state index is 2.35. The minimum absolute atomic E-state index is 0.0254. The Hall–Kier alpha value is -1.17. The summed E-state index contributed by atoms with van der Waals surface area (Å²) in [7, 11) is 0. The van der Waals surface area contributed by atoms with Gasteiger partial charge in [-0.15, -0.1) is 0 Å². The van der Waals surface area contributed by atoms with Crippen molar-refractivity contribution in [1.82, 2.24) is 0 Å². The second kappa shape index (κ2) is 15.7. The number of hydrogen-bond acceptors (Lipinski definition) is 0. The Balaban J connectivity index is 0.000000203. The van der Waals surface area contributed by atoms with Crippen molar-refractivity contribution in [3.63, 3.8) is 0 Å². The van der Waals surface area contributed by atoms with Crippen molar-refractivity contribution in [3.8, 4) is 0 Å². The number of hydrogen-bond donors (Lipinski definition) is 0. The van der Waals surface area contributed by atoms with Crippen LogP contribution < -0.4 is 0 Å². The van der Waals surface area contributed by atoms with Crippen molar-refractivity contribution >= 4 is 0 Å². The average Bonchev–Trinajstić information content (AvgIpc) is 3.22. The SMILES string of the molecule is C1=CC=[C]([Ti][C]2=CC=CCCC2)CC=C1.CC=CC=[CH][Ti][C]1=CC=CC=CC1. The standard InChI is InChI=1S/C7H9.2C7H7.C5H7.2Ti/c3*1-2-4-6-7-5-3-1;1-3-5-4-2;;/h1-3H,4,6-7H2;2*1-5H,6H2;1,3-5H,2H3;;. The fourth-order valence-electron chi connectivity index (χ4n) is 2.76. The summed E-state index contributed by atoms with van der Waals surface area (Å²) in [5.74, 6) is 0. The molecule has 0 N–H and O–H groups in total. The van der Waals surface area contributed by atoms with Gasteiger partial charge < -0.3 is 0 Å². The van der Waals surface area contributed by atoms with Crippen molar-refractivity contribution in [2.24, 2.45) is 0 Å². The Morgan fingerprint density at radius 3 is 2.21 bits per heavy atom. The molecule has 28 heavy (non-hydrogen) atoms. The second-order valence-electron chi connectivity index (χ2n) is 6.58. The zero-order chi connectivity index (χ0) is 19.7. The molecule has 0 aliphatic heterocycles. The van der Waals surface area contributed by atoms with E-state index in [1.165, 1.54) is 19.3 Å². The van der Waals surface area contributed by atoms with Crippen LogP contribution in [0.4, 0.5) is 0 Å². The maximum absolute atomic E-state index is 2.35. The predicted molar refractivity (Wildman–Crippen MR) is 117 cm³/mol. The molecule has 0 aromatic rings. The Morgan fingerprint density at radius 2 is 1.43 bits per heavy atom. The normalized spacial score (nSPS) is 18.5. The third kappa shape index (κ3) is 11.0. The van der Waals surface area contributed by atoms with Crippen molar-refractivity contribution in [2.75, 3.05) is 0 Å². The molecule has 3 aliphatic rings. The molecule has 2 heteroatoms. The van der Waals surface area contributed by atoms with E-state index in [2.05, 4.69) is 102 Å². The summed E-state index contributed by atoms with van der Waals surface area (Å²) in [4.78, 5) is 0. The van der Waals surface area contributed by atoms with Gasteiger partial charge >= 0.3 is 191 Å². The molecular weight excluding hydrogens is 408 g/mol. The molecule has 3 rings (SSSR count). The van der Waals surface area contributed by atoms with Crippen LogP contribution in [0.5, 0.6) is 0 Å². The van der Waals surface area contributed by atoms with Gasteiger partial charge in [0.25, 0.3) is 0 Å². The van der Waals surface area contributed by atoms with Crippen LogP contribution in [-0.2, 0) is 38.3 Å². The van der Waals surface area contributed by atoms with Gasteiger partial charge in [-0.1, -0.05) is 0 Å². The van der Waals surface area contributed by atoms with Crippen LogP contribution in [0.15, 0.2) is 113 Å². The van der Waals surface area contributed by atoms with E-state index in [-0.39, 0.29) is 38.3 Å². The number of allylic oxidation sites excluding steroid dienone is 19. The van der Waals surface area contributed by atoms with Gasteiger partial charge in [0.05, 0.1) is 0 Å². The first-order valence-electron chi connectivity index (χ1n) is 10.1. The molecule has 0 aromatic heterocycles. The summed E-state index contributed by atoms with van der Waals surface area (Å²) < 4.78 is 7.27. The summed E-state index contributed by atoms with van der Waals surface area (Å²) in [5, 5.41) is 0. The summed E-state index contributed by atoms with van der Waals surface area (Å²) >= 11 is -0.0551. The summed E-state index contributed by atoms with van der Waals surface area (Å²) in [6, 6.07) is 0. The topological polar surface area (TPSA) is 0 Å². The van der Waals surface area contributed by atoms with E-state index < -0.39 is 0 Å². The van der Waals surface area contributed by atoms with Gasteiger partial charge in [0, 0.05) is 0 Å². The van der Waals surface area contributed by atoms with E-state index in [1.54, 1.807) is 11.6 Å². The van der Waals surface area contributed by atoms with E-state index in [1.807, 2.05) is 6.92 Å². The monoisotopic (exact) mass is 438 g/mol. The molecule has 0 aromatic carbocycles. The Kier molecular flexibility index (Phi) is 13.0. The molecular formula is C26H30Ti2. The van der Waals surface area contributed by atoms with Crippen molar-refractivity contribution in [1.29, 1.82) is 0 Å². The molecule has 0 amide bonds. The van der Waals surface area contributed by atoms with Crippen LogP contribution in [0.3, 0.4) is 0 Å². The van der Waals surface area contributed by atoms with Gasteiger partial charge in [-0.3, -0.25) is 0 Å². The van der Waals surface area contributed by atoms with Gasteiger partial charge in [-0.2, -0.15) is 0 Å². The van der Waals surface area contributed by atoms with Crippen molar-refractivity contribution < 1.29 is 38.3 Å². The molecule has 0 unspecified atom stereocenters. The molecule has 0 saturated carbocycles. The molecule has 0 atom stereocenters. The van der Waals surface area contributed by atoms with Crippen LogP contribution in [0.1, 0.15) is 39.0 Å². The quantitative estimate of drug-likeness (QED) is 0.306. The fraction of sp³-hybridized carbons (Fsp3) is 0.231. The first-order valence-corrected chi connectivity index (χ1v) is 13.3. The van der Waals surface area contributed by atoms with E-state index in [9.17, 15) is 0 Å². The first kappa shape index (κ1) is 23.1. The van der Waals surface area contributed by atoms with Gasteiger partial charge in [-0.05, 0) is 0 Å². The van der Waals surface area contributed by atoms with E-state index in [4.69, 9.17) is 0 Å². The second-order valence-corrected chi connectivity index (χ2v) is 11.0. The van der Waals surface area contributed by atoms with E-state index in [0.717, 1.165) is 12.8 Å². The van der Waals surface area contributed by atoms with E-state index in [0.29, 0.717) is 0 Å². The zero-order valence-corrected chi connectivity index (χ0v) is 20.0. The molecule has 142 valence electrons. The minimum atomic E-state index is -0.0297. The molecule has 0 radical (unpaired) electrons. The number of rotatable bonds is 5. The van der Waals surface area contributed by atoms with Crippen LogP contribution in [0.25, 0.3) is 0 Å². The van der Waals surface area contributed by atoms with Gasteiger partial charge in [-0.25, -0.2) is 0 Å². The molecule has 0 fully saturated rings. The summed E-state index contributed by atoms with van der Waals surface area (Å²) in [6.07, 6.45) is 41.2. The van der Waals surface area contributed by atoms with Gasteiger partial charge in [0.2, 0.25) is 0 Å². The van der Waals surface area contributed by atoms with E-state index >= 15 is 0 Å². The van der Waals surface area contributed by atoms with Gasteiger partial charge in [0.15, 0.2) is 0 Å². The molecule has 0 nitrogen and oxygen atoms in total. The van der Waals surface area contributed by atoms with Gasteiger partial charge in [0.1, 0.15) is 0 Å². The van der Waals surface area contributed by atoms with Crippen LogP contribution in [0, 0.1) is 0 Å². The Labute approximate surface area is 189 Å². The third-order valence-electron chi connectivity index (χ3n) is 4.23. The molecule has 0 saturated heterocycles. The van der Waals surface area contributed by atoms with Crippen LogP contribution in [-0.4, -0.2) is 0 Å². The van der Waals surface area contributed by atoms with Crippen molar-refractivity contribution in [2.45, 2.75) is 39.0 Å². The molecule has 0 bridgehead atoms. The van der Waals surface area contributed by atoms with Crippen LogP contribution in [0.2, 0.25) is 0 Å². The summed E-state index contributed by atoms with van der Waals surface area (Å²) in [5.41, 5.74) is 0. The molecule has 0 heterocycles. The average molecular weight is 438 g/mol. The van der Waals surface area contributed by atoms with Crippen LogP contribution >= 0.6 is 0 Å². The Bertz CT molecular complexity index is 762. The first-order chi connectivity index (χ1) is 13.9. The summed E-state index contributed by atoms with van der Waals surface area (Å²) in [6.45, 7) is 2.04. The molecule has 0 spiro atoms. The zero-order valence-electron chi connectivity index (χ0n) is 16.9. The Morgan fingerprint density at radius 1 is 0.714 bits per heavy atom. The molecule has 3 aliphatic carbocycles. The third-order valence-corrected chi connectivity index (χ3v) is 8.18. The van der Waals surface area contributed by atoms with Crippen molar-refractivity contribution in [3.05, 3.63) is 113 Å². The predicted octanol–water partition coefficient (Wildman–Crippen LogP) is 7.65. The fourth-order valence-corrected chi connectivity index (χ4v) is 6.11.